The van der Waals surface area contributed by atoms with Crippen molar-refractivity contribution in [3.8, 4) is 0 Å². The Kier molecular flexibility index (Phi) is 3.05. The van der Waals surface area contributed by atoms with Crippen LogP contribution in [0.15, 0.2) is 4.52 Å². The van der Waals surface area contributed by atoms with Gasteiger partial charge in [-0.1, -0.05) is 25.4 Å². The lowest BCUT2D eigenvalue weighted by Gasteiger charge is -2.23. The fourth-order valence-corrected chi connectivity index (χ4v) is 1.73. The third kappa shape index (κ3) is 2.37. The average Bonchev–Trinajstić information content (AvgIpc) is 2.58. The molecule has 0 saturated heterocycles. The van der Waals surface area contributed by atoms with Crippen LogP contribution in [0.2, 0.25) is 0 Å². The summed E-state index contributed by atoms with van der Waals surface area (Å²) in [5.74, 6) is 2.51. The summed E-state index contributed by atoms with van der Waals surface area (Å²) >= 11 is 0. The maximum atomic E-state index is 5.94. The molecular weight excluding hydrogens is 190 g/mol. The SMILES string of the molecule is CC(C)C(N)c1noc(CC2CCC2)n1. The first-order chi connectivity index (χ1) is 7.16. The molecule has 0 amide bonds. The van der Waals surface area contributed by atoms with Gasteiger partial charge in [-0.05, 0) is 24.7 Å². The summed E-state index contributed by atoms with van der Waals surface area (Å²) in [6, 6.07) is -0.108. The zero-order valence-corrected chi connectivity index (χ0v) is 9.44. The van der Waals surface area contributed by atoms with E-state index < -0.39 is 0 Å². The molecule has 2 N–H and O–H groups in total. The minimum Gasteiger partial charge on any atom is -0.339 e. The Morgan fingerprint density at radius 1 is 1.47 bits per heavy atom. The van der Waals surface area contributed by atoms with Crippen molar-refractivity contribution in [3.63, 3.8) is 0 Å². The zero-order valence-electron chi connectivity index (χ0n) is 9.44. The molecule has 1 unspecified atom stereocenters. The van der Waals surface area contributed by atoms with E-state index in [0.29, 0.717) is 11.7 Å². The molecule has 15 heavy (non-hydrogen) atoms. The molecule has 4 heteroatoms. The molecule has 0 aliphatic heterocycles. The molecule has 1 aromatic rings. The Bertz CT molecular complexity index is 317. The second-order valence-electron chi connectivity index (χ2n) is 4.82. The minimum absolute atomic E-state index is 0.108. The second kappa shape index (κ2) is 4.31. The van der Waals surface area contributed by atoms with Gasteiger partial charge in [-0.25, -0.2) is 0 Å². The monoisotopic (exact) mass is 209 g/mol. The zero-order chi connectivity index (χ0) is 10.8. The molecule has 4 nitrogen and oxygen atoms in total. The molecule has 1 atom stereocenters. The first-order valence-electron chi connectivity index (χ1n) is 5.75. The van der Waals surface area contributed by atoms with Crippen molar-refractivity contribution in [2.75, 3.05) is 0 Å². The maximum absolute atomic E-state index is 5.94. The smallest absolute Gasteiger partial charge is 0.226 e. The fourth-order valence-electron chi connectivity index (χ4n) is 1.73. The standard InChI is InChI=1S/C11H19N3O/c1-7(2)10(12)11-13-9(15-14-11)6-8-4-3-5-8/h7-8,10H,3-6,12H2,1-2H3. The van der Waals surface area contributed by atoms with Crippen molar-refractivity contribution in [3.05, 3.63) is 11.7 Å². The number of hydrogen-bond donors (Lipinski definition) is 1. The maximum Gasteiger partial charge on any atom is 0.226 e. The van der Waals surface area contributed by atoms with Crippen molar-refractivity contribution < 1.29 is 4.52 Å². The lowest BCUT2D eigenvalue weighted by Crippen LogP contribution is -2.18. The highest BCUT2D eigenvalue weighted by atomic mass is 16.5. The van der Waals surface area contributed by atoms with Crippen molar-refractivity contribution in [1.82, 2.24) is 10.1 Å². The van der Waals surface area contributed by atoms with Crippen LogP contribution in [0.1, 0.15) is 50.9 Å². The number of hydrogen-bond acceptors (Lipinski definition) is 4. The summed E-state index contributed by atoms with van der Waals surface area (Å²) in [7, 11) is 0. The lowest BCUT2D eigenvalue weighted by atomic mass is 9.83. The van der Waals surface area contributed by atoms with Crippen LogP contribution in [0.4, 0.5) is 0 Å². The molecular formula is C11H19N3O. The molecule has 84 valence electrons. The molecule has 0 aromatic carbocycles. The fraction of sp³-hybridized carbons (Fsp3) is 0.818. The molecule has 1 heterocycles. The van der Waals surface area contributed by atoms with Crippen LogP contribution in [0.3, 0.4) is 0 Å². The van der Waals surface area contributed by atoms with Gasteiger partial charge in [-0.2, -0.15) is 4.98 Å². The Morgan fingerprint density at radius 2 is 2.20 bits per heavy atom. The van der Waals surface area contributed by atoms with Crippen molar-refractivity contribution in [2.24, 2.45) is 17.6 Å². The molecule has 2 rings (SSSR count). The summed E-state index contributed by atoms with van der Waals surface area (Å²) in [6.45, 7) is 4.12. The van der Waals surface area contributed by atoms with Crippen LogP contribution >= 0.6 is 0 Å². The normalized spacial score (nSPS) is 19.2. The second-order valence-corrected chi connectivity index (χ2v) is 4.82. The predicted molar refractivity (Wildman–Crippen MR) is 57.1 cm³/mol. The van der Waals surface area contributed by atoms with Crippen molar-refractivity contribution in [2.45, 2.75) is 45.6 Å². The van der Waals surface area contributed by atoms with Gasteiger partial charge in [-0.3, -0.25) is 0 Å². The topological polar surface area (TPSA) is 64.9 Å². The van der Waals surface area contributed by atoms with E-state index in [9.17, 15) is 0 Å². The van der Waals surface area contributed by atoms with Crippen molar-refractivity contribution in [1.29, 1.82) is 0 Å². The van der Waals surface area contributed by atoms with E-state index in [1.165, 1.54) is 19.3 Å². The third-order valence-corrected chi connectivity index (χ3v) is 3.19. The van der Waals surface area contributed by atoms with E-state index in [0.717, 1.165) is 18.2 Å². The van der Waals surface area contributed by atoms with E-state index in [2.05, 4.69) is 24.0 Å². The van der Waals surface area contributed by atoms with E-state index >= 15 is 0 Å². The van der Waals surface area contributed by atoms with Gasteiger partial charge in [0.2, 0.25) is 5.89 Å². The van der Waals surface area contributed by atoms with Crippen LogP contribution in [0, 0.1) is 11.8 Å². The largest absolute Gasteiger partial charge is 0.339 e. The van der Waals surface area contributed by atoms with Gasteiger partial charge in [0.05, 0.1) is 6.04 Å². The number of nitrogens with two attached hydrogens (primary N) is 1. The first kappa shape index (κ1) is 10.6. The highest BCUT2D eigenvalue weighted by Gasteiger charge is 2.22. The Balaban J connectivity index is 1.96. The van der Waals surface area contributed by atoms with Gasteiger partial charge < -0.3 is 10.3 Å². The lowest BCUT2D eigenvalue weighted by molar-refractivity contribution is 0.272. The number of rotatable bonds is 4. The van der Waals surface area contributed by atoms with Crippen LogP contribution in [-0.4, -0.2) is 10.1 Å². The van der Waals surface area contributed by atoms with Gasteiger partial charge >= 0.3 is 0 Å². The quantitative estimate of drug-likeness (QED) is 0.824. The summed E-state index contributed by atoms with van der Waals surface area (Å²) in [6.07, 6.45) is 4.87. The van der Waals surface area contributed by atoms with Crippen LogP contribution in [0.25, 0.3) is 0 Å². The van der Waals surface area contributed by atoms with Gasteiger partial charge in [-0.15, -0.1) is 0 Å². The molecule has 1 saturated carbocycles. The van der Waals surface area contributed by atoms with Gasteiger partial charge in [0.1, 0.15) is 0 Å². The molecule has 0 radical (unpaired) electrons. The van der Waals surface area contributed by atoms with E-state index in [-0.39, 0.29) is 6.04 Å². The Hall–Kier alpha value is -0.900. The van der Waals surface area contributed by atoms with Crippen molar-refractivity contribution >= 4 is 0 Å². The third-order valence-electron chi connectivity index (χ3n) is 3.19. The number of nitrogens with zero attached hydrogens (tertiary/aromatic N) is 2. The molecule has 1 aromatic heterocycles. The molecule has 0 spiro atoms. The van der Waals surface area contributed by atoms with Gasteiger partial charge in [0.15, 0.2) is 5.82 Å². The van der Waals surface area contributed by atoms with Crippen LogP contribution in [0.5, 0.6) is 0 Å². The predicted octanol–water partition coefficient (Wildman–Crippen LogP) is 2.07. The summed E-state index contributed by atoms with van der Waals surface area (Å²) in [4.78, 5) is 4.35. The van der Waals surface area contributed by atoms with Crippen LogP contribution < -0.4 is 5.73 Å². The molecule has 1 fully saturated rings. The Morgan fingerprint density at radius 3 is 2.73 bits per heavy atom. The highest BCUT2D eigenvalue weighted by molar-refractivity contribution is 4.95. The number of aromatic nitrogens is 2. The summed E-state index contributed by atoms with van der Waals surface area (Å²) in [5, 5.41) is 3.94. The highest BCUT2D eigenvalue weighted by Crippen LogP contribution is 2.29. The summed E-state index contributed by atoms with van der Waals surface area (Å²) < 4.78 is 5.20. The first-order valence-corrected chi connectivity index (χ1v) is 5.75. The van der Waals surface area contributed by atoms with E-state index in [1.54, 1.807) is 0 Å². The van der Waals surface area contributed by atoms with E-state index in [4.69, 9.17) is 10.3 Å². The summed E-state index contributed by atoms with van der Waals surface area (Å²) in [5.41, 5.74) is 5.94. The molecule has 0 bridgehead atoms. The van der Waals surface area contributed by atoms with Gasteiger partial charge in [0, 0.05) is 6.42 Å². The van der Waals surface area contributed by atoms with E-state index in [1.807, 2.05) is 0 Å². The molecule has 1 aliphatic rings. The van der Waals surface area contributed by atoms with Gasteiger partial charge in [0.25, 0.3) is 0 Å². The van der Waals surface area contributed by atoms with Crippen LogP contribution in [-0.2, 0) is 6.42 Å². The Labute approximate surface area is 90.2 Å². The average molecular weight is 209 g/mol. The minimum atomic E-state index is -0.108. The molecule has 1 aliphatic carbocycles.